The van der Waals surface area contributed by atoms with Crippen molar-refractivity contribution in [3.05, 3.63) is 67.5 Å². The van der Waals surface area contributed by atoms with Gasteiger partial charge in [-0.2, -0.15) is 0 Å². The molecule has 4 heteroatoms. The van der Waals surface area contributed by atoms with E-state index in [9.17, 15) is 9.59 Å². The third-order valence-corrected chi connectivity index (χ3v) is 7.38. The smallest absolute Gasteiger partial charge is 0.202 e. The molecule has 0 bridgehead atoms. The molecule has 0 saturated heterocycles. The molecule has 0 unspecified atom stereocenters. The first kappa shape index (κ1) is 15.7. The summed E-state index contributed by atoms with van der Waals surface area (Å²) in [5.74, 6) is -0.00896. The highest BCUT2D eigenvalue weighted by molar-refractivity contribution is 8.08. The Balaban J connectivity index is 1.90. The van der Waals surface area contributed by atoms with Gasteiger partial charge in [-0.15, -0.1) is 0 Å². The van der Waals surface area contributed by atoms with E-state index in [1.165, 1.54) is 23.5 Å². The van der Waals surface area contributed by atoms with Crippen LogP contribution < -0.4 is 0 Å². The lowest BCUT2D eigenvalue weighted by Gasteiger charge is -2.03. The number of carbonyl (C=O) groups excluding carboxylic acids is 2. The zero-order chi connectivity index (χ0) is 17.2. The molecule has 0 spiro atoms. The van der Waals surface area contributed by atoms with Crippen LogP contribution in [0.5, 0.6) is 0 Å². The number of hydrogen-bond donors (Lipinski definition) is 0. The SMILES string of the molecule is Cc1ccc(C)c2c1S/C(=C1/Sc3c(C)ccc(C)c3C1=O)C2=O. The van der Waals surface area contributed by atoms with E-state index in [0.717, 1.165) is 43.2 Å². The third kappa shape index (κ3) is 2.06. The summed E-state index contributed by atoms with van der Waals surface area (Å²) in [7, 11) is 0. The first-order valence-corrected chi connectivity index (χ1v) is 9.43. The number of ketones is 2. The topological polar surface area (TPSA) is 34.1 Å². The second-order valence-corrected chi connectivity index (χ2v) is 8.37. The van der Waals surface area contributed by atoms with E-state index < -0.39 is 0 Å². The first-order chi connectivity index (χ1) is 11.4. The molecule has 0 N–H and O–H groups in total. The molecule has 0 fully saturated rings. The highest BCUT2D eigenvalue weighted by Crippen LogP contribution is 2.52. The Morgan fingerprint density at radius 1 is 0.583 bits per heavy atom. The summed E-state index contributed by atoms with van der Waals surface area (Å²) in [4.78, 5) is 29.1. The molecular weight excluding hydrogens is 336 g/mol. The summed E-state index contributed by atoms with van der Waals surface area (Å²) in [6.07, 6.45) is 0. The number of allylic oxidation sites excluding steroid dienone is 2. The van der Waals surface area contributed by atoms with Gasteiger partial charge < -0.3 is 0 Å². The summed E-state index contributed by atoms with van der Waals surface area (Å²) in [5, 5.41) is 0. The summed E-state index contributed by atoms with van der Waals surface area (Å²) in [5.41, 5.74) is 5.66. The highest BCUT2D eigenvalue weighted by atomic mass is 32.2. The van der Waals surface area contributed by atoms with Crippen LogP contribution in [-0.4, -0.2) is 11.6 Å². The van der Waals surface area contributed by atoms with Crippen LogP contribution in [0.25, 0.3) is 0 Å². The van der Waals surface area contributed by atoms with Crippen LogP contribution in [0.4, 0.5) is 0 Å². The minimum absolute atomic E-state index is 0.00448. The van der Waals surface area contributed by atoms with Crippen LogP contribution in [-0.2, 0) is 0 Å². The van der Waals surface area contributed by atoms with E-state index in [1.807, 2.05) is 52.0 Å². The van der Waals surface area contributed by atoms with Crippen LogP contribution in [0.15, 0.2) is 43.9 Å². The Morgan fingerprint density at radius 3 is 1.25 bits per heavy atom. The lowest BCUT2D eigenvalue weighted by atomic mass is 9.99. The number of aryl methyl sites for hydroxylation is 4. The van der Waals surface area contributed by atoms with E-state index in [-0.39, 0.29) is 11.6 Å². The van der Waals surface area contributed by atoms with Crippen molar-refractivity contribution in [1.29, 1.82) is 0 Å². The zero-order valence-electron chi connectivity index (χ0n) is 13.9. The molecule has 2 aliphatic rings. The van der Waals surface area contributed by atoms with Crippen molar-refractivity contribution in [2.75, 3.05) is 0 Å². The fourth-order valence-electron chi connectivity index (χ4n) is 3.22. The predicted molar refractivity (Wildman–Crippen MR) is 99.2 cm³/mol. The van der Waals surface area contributed by atoms with Crippen LogP contribution in [0, 0.1) is 27.7 Å². The molecule has 4 rings (SSSR count). The second-order valence-electron chi connectivity index (χ2n) is 6.33. The normalized spacial score (nSPS) is 19.0. The van der Waals surface area contributed by atoms with Gasteiger partial charge in [-0.25, -0.2) is 0 Å². The molecule has 0 amide bonds. The number of benzene rings is 2. The van der Waals surface area contributed by atoms with E-state index in [0.29, 0.717) is 9.81 Å². The monoisotopic (exact) mass is 352 g/mol. The Bertz CT molecular complexity index is 904. The van der Waals surface area contributed by atoms with Gasteiger partial charge >= 0.3 is 0 Å². The maximum Gasteiger partial charge on any atom is 0.202 e. The van der Waals surface area contributed by atoms with Crippen molar-refractivity contribution >= 4 is 35.1 Å². The van der Waals surface area contributed by atoms with E-state index >= 15 is 0 Å². The van der Waals surface area contributed by atoms with Crippen molar-refractivity contribution in [3.8, 4) is 0 Å². The summed E-state index contributed by atoms with van der Waals surface area (Å²) in [6.45, 7) is 7.94. The van der Waals surface area contributed by atoms with Gasteiger partial charge in [0, 0.05) is 20.9 Å². The summed E-state index contributed by atoms with van der Waals surface area (Å²) < 4.78 is 0. The Labute approximate surface area is 149 Å². The molecule has 24 heavy (non-hydrogen) atoms. The molecule has 0 aromatic heterocycles. The van der Waals surface area contributed by atoms with Crippen molar-refractivity contribution in [2.24, 2.45) is 0 Å². The number of rotatable bonds is 0. The van der Waals surface area contributed by atoms with Crippen LogP contribution in [0.1, 0.15) is 43.0 Å². The summed E-state index contributed by atoms with van der Waals surface area (Å²) >= 11 is 2.91. The first-order valence-electron chi connectivity index (χ1n) is 7.80. The van der Waals surface area contributed by atoms with Crippen molar-refractivity contribution in [1.82, 2.24) is 0 Å². The van der Waals surface area contributed by atoms with E-state index in [4.69, 9.17) is 0 Å². The minimum atomic E-state index is -0.00448. The molecule has 0 aliphatic carbocycles. The molecule has 2 aliphatic heterocycles. The lowest BCUT2D eigenvalue weighted by molar-refractivity contribution is 0.101. The van der Waals surface area contributed by atoms with Crippen LogP contribution in [0.2, 0.25) is 0 Å². The summed E-state index contributed by atoms with van der Waals surface area (Å²) in [6, 6.07) is 8.03. The van der Waals surface area contributed by atoms with Crippen LogP contribution in [0.3, 0.4) is 0 Å². The molecule has 2 nitrogen and oxygen atoms in total. The number of thioether (sulfide) groups is 2. The fourth-order valence-corrected chi connectivity index (χ4v) is 5.81. The van der Waals surface area contributed by atoms with Crippen molar-refractivity contribution in [2.45, 2.75) is 37.5 Å². The molecule has 0 atom stereocenters. The molecule has 2 aromatic rings. The number of carbonyl (C=O) groups is 2. The maximum atomic E-state index is 13.0. The minimum Gasteiger partial charge on any atom is -0.288 e. The van der Waals surface area contributed by atoms with Crippen molar-refractivity contribution in [3.63, 3.8) is 0 Å². The molecule has 0 radical (unpaired) electrons. The predicted octanol–water partition coefficient (Wildman–Crippen LogP) is 5.41. The lowest BCUT2D eigenvalue weighted by Crippen LogP contribution is -2.04. The Morgan fingerprint density at radius 2 is 0.917 bits per heavy atom. The second kappa shape index (κ2) is 5.36. The van der Waals surface area contributed by atoms with Gasteiger partial charge in [0.2, 0.25) is 11.6 Å². The molecule has 2 heterocycles. The Kier molecular flexibility index (Phi) is 3.52. The van der Waals surface area contributed by atoms with Gasteiger partial charge in [0.15, 0.2) is 0 Å². The van der Waals surface area contributed by atoms with E-state index in [1.54, 1.807) is 0 Å². The van der Waals surface area contributed by atoms with Gasteiger partial charge in [0.25, 0.3) is 0 Å². The average Bonchev–Trinajstić information content (AvgIpc) is 3.07. The largest absolute Gasteiger partial charge is 0.288 e. The van der Waals surface area contributed by atoms with Crippen molar-refractivity contribution < 1.29 is 9.59 Å². The van der Waals surface area contributed by atoms with E-state index in [2.05, 4.69) is 0 Å². The Hall–Kier alpha value is -1.78. The van der Waals surface area contributed by atoms with Gasteiger partial charge in [-0.1, -0.05) is 47.8 Å². The van der Waals surface area contributed by atoms with Crippen LogP contribution >= 0.6 is 23.5 Å². The van der Waals surface area contributed by atoms with Gasteiger partial charge in [-0.05, 0) is 49.9 Å². The quantitative estimate of drug-likeness (QED) is 0.594. The van der Waals surface area contributed by atoms with Gasteiger partial charge in [-0.3, -0.25) is 9.59 Å². The van der Waals surface area contributed by atoms with Gasteiger partial charge in [0.1, 0.15) is 0 Å². The standard InChI is InChI=1S/C20H16O2S2/c1-9-5-7-11(3)17-13(9)15(21)19(23-17)20-16(22)14-10(2)6-8-12(4)18(14)24-20/h5-8H,1-4H3/b20-19+. The number of fused-ring (bicyclic) bond motifs is 2. The third-order valence-electron chi connectivity index (χ3n) is 4.61. The fraction of sp³-hybridized carbons (Fsp3) is 0.200. The molecular formula is C20H16O2S2. The number of Topliss-reactive ketones (excluding diaryl/α,β-unsaturated/α-hetero) is 2. The highest BCUT2D eigenvalue weighted by Gasteiger charge is 2.38. The average molecular weight is 352 g/mol. The maximum absolute atomic E-state index is 13.0. The molecule has 120 valence electrons. The number of hydrogen-bond acceptors (Lipinski definition) is 4. The van der Waals surface area contributed by atoms with Gasteiger partial charge in [0.05, 0.1) is 9.81 Å². The molecule has 2 aromatic carbocycles. The zero-order valence-corrected chi connectivity index (χ0v) is 15.6. The molecule has 0 saturated carbocycles.